The quantitative estimate of drug-likeness (QED) is 0.139. The lowest BCUT2D eigenvalue weighted by molar-refractivity contribution is 0.0979. The summed E-state index contributed by atoms with van der Waals surface area (Å²) in [4.78, 5) is 12.7. The first-order chi connectivity index (χ1) is 18.1. The van der Waals surface area contributed by atoms with Crippen molar-refractivity contribution in [2.75, 3.05) is 0 Å². The summed E-state index contributed by atoms with van der Waals surface area (Å²) in [5, 5.41) is 0. The Kier molecular flexibility index (Phi) is 10.2. The summed E-state index contributed by atoms with van der Waals surface area (Å²) in [6.07, 6.45) is 15.2. The van der Waals surface area contributed by atoms with Crippen molar-refractivity contribution < 1.29 is 4.79 Å². The summed E-state index contributed by atoms with van der Waals surface area (Å²) in [6, 6.07) is 22.2. The van der Waals surface area contributed by atoms with E-state index in [-0.39, 0.29) is 5.78 Å². The van der Waals surface area contributed by atoms with Crippen molar-refractivity contribution in [3.8, 4) is 11.1 Å². The number of ketones is 1. The predicted molar refractivity (Wildman–Crippen MR) is 159 cm³/mol. The van der Waals surface area contributed by atoms with Gasteiger partial charge in [0.1, 0.15) is 0 Å². The lowest BCUT2D eigenvalue weighted by Crippen LogP contribution is -2.03. The molecule has 1 heteroatoms. The molecule has 0 aliphatic heterocycles. The molecule has 1 atom stereocenters. The molecule has 3 aromatic rings. The average Bonchev–Trinajstić information content (AvgIpc) is 3.14. The summed E-state index contributed by atoms with van der Waals surface area (Å²) in [6.45, 7) is 6.71. The Hall–Kier alpha value is -2.67. The fourth-order valence-electron chi connectivity index (χ4n) is 6.08. The molecular formula is C36H46O. The number of hydrogen-bond donors (Lipinski definition) is 0. The molecule has 0 N–H and O–H groups in total. The van der Waals surface area contributed by atoms with Crippen molar-refractivity contribution in [2.45, 2.75) is 104 Å². The fourth-order valence-corrected chi connectivity index (χ4v) is 6.08. The highest BCUT2D eigenvalue weighted by molar-refractivity contribution is 5.97. The van der Waals surface area contributed by atoms with Crippen LogP contribution in [0.25, 0.3) is 11.1 Å². The minimum atomic E-state index is 0.271. The van der Waals surface area contributed by atoms with Crippen LogP contribution in [-0.4, -0.2) is 5.78 Å². The largest absolute Gasteiger partial charge is 0.294 e. The van der Waals surface area contributed by atoms with Crippen molar-refractivity contribution in [3.05, 3.63) is 94.0 Å². The van der Waals surface area contributed by atoms with Crippen LogP contribution in [0.5, 0.6) is 0 Å². The molecule has 37 heavy (non-hydrogen) atoms. The van der Waals surface area contributed by atoms with Crippen LogP contribution in [0.15, 0.2) is 60.7 Å². The van der Waals surface area contributed by atoms with Gasteiger partial charge in [0.15, 0.2) is 5.78 Å². The molecule has 196 valence electrons. The Morgan fingerprint density at radius 3 is 2.57 bits per heavy atom. The van der Waals surface area contributed by atoms with Crippen LogP contribution in [-0.2, 0) is 25.7 Å². The predicted octanol–water partition coefficient (Wildman–Crippen LogP) is 9.90. The van der Waals surface area contributed by atoms with Gasteiger partial charge in [0.2, 0.25) is 0 Å². The van der Waals surface area contributed by atoms with Gasteiger partial charge in [-0.1, -0.05) is 87.7 Å². The molecule has 0 bridgehead atoms. The molecule has 0 saturated carbocycles. The van der Waals surface area contributed by atoms with Gasteiger partial charge in [-0.05, 0) is 116 Å². The molecule has 0 aromatic heterocycles. The minimum Gasteiger partial charge on any atom is -0.294 e. The molecule has 0 amide bonds. The third-order valence-corrected chi connectivity index (χ3v) is 8.46. The average molecular weight is 495 g/mol. The van der Waals surface area contributed by atoms with Gasteiger partial charge in [0.25, 0.3) is 0 Å². The van der Waals surface area contributed by atoms with Gasteiger partial charge in [-0.3, -0.25) is 4.79 Å². The van der Waals surface area contributed by atoms with Gasteiger partial charge in [0.05, 0.1) is 0 Å². The number of carbonyl (C=O) groups is 1. The van der Waals surface area contributed by atoms with Gasteiger partial charge in [-0.15, -0.1) is 0 Å². The van der Waals surface area contributed by atoms with Crippen LogP contribution in [0.2, 0.25) is 0 Å². The molecule has 1 unspecified atom stereocenters. The first-order valence-electron chi connectivity index (χ1n) is 14.9. The van der Waals surface area contributed by atoms with Crippen LogP contribution in [0.4, 0.5) is 0 Å². The molecule has 0 fully saturated rings. The van der Waals surface area contributed by atoms with Crippen molar-refractivity contribution >= 4 is 5.78 Å². The van der Waals surface area contributed by atoms with E-state index in [0.717, 1.165) is 42.7 Å². The molecule has 3 aromatic carbocycles. The van der Waals surface area contributed by atoms with Crippen molar-refractivity contribution in [1.29, 1.82) is 0 Å². The molecule has 1 aliphatic carbocycles. The number of hydrogen-bond acceptors (Lipinski definition) is 1. The normalized spacial score (nSPS) is 15.3. The second-order valence-corrected chi connectivity index (χ2v) is 11.2. The standard InChI is InChI=1S/C36H46O/c1-4-6-7-21-36(37)33-19-12-18-32(26-33)35-25-29(23-22-27(35)3)13-8-9-15-30-16-11-17-31-24-28(5-2)14-10-20-34(30)31/h11-12,16-19,22-23,25-26,28H,4-10,13-15,20-21,24H2,1-3H3. The Morgan fingerprint density at radius 2 is 1.73 bits per heavy atom. The maximum atomic E-state index is 12.7. The Morgan fingerprint density at radius 1 is 0.892 bits per heavy atom. The summed E-state index contributed by atoms with van der Waals surface area (Å²) >= 11 is 0. The summed E-state index contributed by atoms with van der Waals surface area (Å²) in [7, 11) is 0. The maximum absolute atomic E-state index is 12.7. The van der Waals surface area contributed by atoms with E-state index >= 15 is 0 Å². The Labute approximate surface area is 225 Å². The van der Waals surface area contributed by atoms with Gasteiger partial charge in [0, 0.05) is 12.0 Å². The zero-order valence-electron chi connectivity index (χ0n) is 23.5. The third-order valence-electron chi connectivity index (χ3n) is 8.46. The Bertz CT molecular complexity index is 1170. The number of benzene rings is 3. The number of aryl methyl sites for hydroxylation is 3. The fraction of sp³-hybridized carbons (Fsp3) is 0.472. The van der Waals surface area contributed by atoms with E-state index in [9.17, 15) is 4.79 Å². The first-order valence-corrected chi connectivity index (χ1v) is 14.9. The molecular weight excluding hydrogens is 448 g/mol. The summed E-state index contributed by atoms with van der Waals surface area (Å²) in [5.41, 5.74) is 10.8. The first kappa shape index (κ1) is 27.4. The van der Waals surface area contributed by atoms with Crippen LogP contribution < -0.4 is 0 Å². The van der Waals surface area contributed by atoms with Gasteiger partial charge < -0.3 is 0 Å². The van der Waals surface area contributed by atoms with Crippen LogP contribution in [0.3, 0.4) is 0 Å². The van der Waals surface area contributed by atoms with E-state index in [0.29, 0.717) is 6.42 Å². The van der Waals surface area contributed by atoms with E-state index in [4.69, 9.17) is 0 Å². The van der Waals surface area contributed by atoms with Crippen LogP contribution in [0, 0.1) is 12.8 Å². The molecule has 0 radical (unpaired) electrons. The molecule has 0 spiro atoms. The zero-order valence-corrected chi connectivity index (χ0v) is 23.5. The van der Waals surface area contributed by atoms with E-state index < -0.39 is 0 Å². The second-order valence-electron chi connectivity index (χ2n) is 11.2. The van der Waals surface area contributed by atoms with E-state index in [1.165, 1.54) is 68.1 Å². The zero-order chi connectivity index (χ0) is 26.0. The highest BCUT2D eigenvalue weighted by Gasteiger charge is 2.17. The second kappa shape index (κ2) is 13.8. The monoisotopic (exact) mass is 494 g/mol. The van der Waals surface area contributed by atoms with Crippen molar-refractivity contribution in [3.63, 3.8) is 0 Å². The van der Waals surface area contributed by atoms with Gasteiger partial charge >= 0.3 is 0 Å². The molecule has 1 nitrogen and oxygen atoms in total. The smallest absolute Gasteiger partial charge is 0.162 e. The third kappa shape index (κ3) is 7.44. The highest BCUT2D eigenvalue weighted by atomic mass is 16.1. The Balaban J connectivity index is 1.38. The SMILES string of the molecule is CCCCCC(=O)c1cccc(-c2cc(CCCCc3cccc4c3CCCC(CC)C4)ccc2C)c1. The van der Waals surface area contributed by atoms with Crippen LogP contribution >= 0.6 is 0 Å². The molecule has 1 aliphatic rings. The highest BCUT2D eigenvalue weighted by Crippen LogP contribution is 2.30. The van der Waals surface area contributed by atoms with Gasteiger partial charge in [-0.25, -0.2) is 0 Å². The molecule has 4 rings (SSSR count). The lowest BCUT2D eigenvalue weighted by atomic mass is 9.91. The van der Waals surface area contributed by atoms with E-state index in [1.54, 1.807) is 16.7 Å². The maximum Gasteiger partial charge on any atom is 0.162 e. The topological polar surface area (TPSA) is 17.1 Å². The summed E-state index contributed by atoms with van der Waals surface area (Å²) < 4.78 is 0. The van der Waals surface area contributed by atoms with E-state index in [1.807, 2.05) is 12.1 Å². The number of carbonyl (C=O) groups excluding carboxylic acids is 1. The minimum absolute atomic E-state index is 0.271. The molecule has 0 heterocycles. The number of unbranched alkanes of at least 4 members (excludes halogenated alkanes) is 3. The summed E-state index contributed by atoms with van der Waals surface area (Å²) in [5.74, 6) is 1.14. The van der Waals surface area contributed by atoms with Crippen molar-refractivity contribution in [1.82, 2.24) is 0 Å². The number of rotatable bonds is 12. The lowest BCUT2D eigenvalue weighted by Gasteiger charge is -2.14. The number of fused-ring (bicyclic) bond motifs is 1. The van der Waals surface area contributed by atoms with Gasteiger partial charge in [-0.2, -0.15) is 0 Å². The van der Waals surface area contributed by atoms with Crippen LogP contribution in [0.1, 0.15) is 110 Å². The van der Waals surface area contributed by atoms with Crippen molar-refractivity contribution in [2.24, 2.45) is 5.92 Å². The number of Topliss-reactive ketones (excluding diaryl/α,β-unsaturated/α-hetero) is 1. The molecule has 0 saturated heterocycles. The van der Waals surface area contributed by atoms with E-state index in [2.05, 4.69) is 69.3 Å².